The standard InChI is InChI=1S/C20H15F2N3OS/c21-15-7-5-13(6-8-15)18-11-25-16(12-27-20(25)24-18)9-19(26)23-10-14-3-1-2-4-17(14)22/h1-8,11-12H,9-10H2,(H,23,26). The lowest BCUT2D eigenvalue weighted by Crippen LogP contribution is -2.25. The van der Waals surface area contributed by atoms with Gasteiger partial charge in [0.25, 0.3) is 0 Å². The van der Waals surface area contributed by atoms with Gasteiger partial charge in [-0.05, 0) is 30.3 Å². The molecule has 1 N–H and O–H groups in total. The fourth-order valence-electron chi connectivity index (χ4n) is 2.78. The van der Waals surface area contributed by atoms with Crippen molar-refractivity contribution >= 4 is 22.2 Å². The Bertz CT molecular complexity index is 1100. The predicted molar refractivity (Wildman–Crippen MR) is 100 cm³/mol. The Hall–Kier alpha value is -3.06. The molecular weight excluding hydrogens is 368 g/mol. The van der Waals surface area contributed by atoms with Crippen LogP contribution in [0, 0.1) is 11.6 Å². The SMILES string of the molecule is O=C(Cc1csc2nc(-c3ccc(F)cc3)cn12)NCc1ccccc1F. The molecule has 0 unspecified atom stereocenters. The maximum atomic E-state index is 13.6. The highest BCUT2D eigenvalue weighted by molar-refractivity contribution is 7.15. The van der Waals surface area contributed by atoms with E-state index in [0.717, 1.165) is 21.9 Å². The average molecular weight is 383 g/mol. The summed E-state index contributed by atoms with van der Waals surface area (Å²) < 4.78 is 28.6. The molecule has 0 spiro atoms. The van der Waals surface area contributed by atoms with Crippen LogP contribution >= 0.6 is 11.3 Å². The first kappa shape index (κ1) is 17.4. The van der Waals surface area contributed by atoms with Crippen LogP contribution in [0.5, 0.6) is 0 Å². The van der Waals surface area contributed by atoms with E-state index in [4.69, 9.17) is 0 Å². The summed E-state index contributed by atoms with van der Waals surface area (Å²) in [7, 11) is 0. The fourth-order valence-corrected chi connectivity index (χ4v) is 3.65. The van der Waals surface area contributed by atoms with Crippen LogP contribution in [-0.4, -0.2) is 15.3 Å². The molecule has 0 radical (unpaired) electrons. The third-order valence-electron chi connectivity index (χ3n) is 4.20. The van der Waals surface area contributed by atoms with Crippen molar-refractivity contribution in [2.24, 2.45) is 0 Å². The molecule has 0 aliphatic heterocycles. The monoisotopic (exact) mass is 383 g/mol. The van der Waals surface area contributed by atoms with E-state index in [2.05, 4.69) is 10.3 Å². The second-order valence-corrected chi connectivity index (χ2v) is 6.89. The normalized spacial score (nSPS) is 11.0. The van der Waals surface area contributed by atoms with Crippen LogP contribution in [0.15, 0.2) is 60.1 Å². The largest absolute Gasteiger partial charge is 0.352 e. The smallest absolute Gasteiger partial charge is 0.226 e. The lowest BCUT2D eigenvalue weighted by Gasteiger charge is -2.06. The van der Waals surface area contributed by atoms with Gasteiger partial charge in [0.15, 0.2) is 4.96 Å². The Morgan fingerprint density at radius 2 is 1.89 bits per heavy atom. The van der Waals surface area contributed by atoms with Crippen LogP contribution in [0.25, 0.3) is 16.2 Å². The van der Waals surface area contributed by atoms with Gasteiger partial charge in [0.2, 0.25) is 5.91 Å². The predicted octanol–water partition coefficient (Wildman–Crippen LogP) is 4.20. The number of carbonyl (C=O) groups excluding carboxylic acids is 1. The van der Waals surface area contributed by atoms with Crippen molar-refractivity contribution in [2.75, 3.05) is 0 Å². The number of nitrogens with zero attached hydrogens (tertiary/aromatic N) is 2. The summed E-state index contributed by atoms with van der Waals surface area (Å²) in [4.78, 5) is 17.5. The van der Waals surface area contributed by atoms with Crippen molar-refractivity contribution in [3.63, 3.8) is 0 Å². The van der Waals surface area contributed by atoms with Crippen LogP contribution in [0.2, 0.25) is 0 Å². The molecule has 2 heterocycles. The summed E-state index contributed by atoms with van der Waals surface area (Å²) in [5.41, 5.74) is 2.77. The molecular formula is C20H15F2N3OS. The number of benzene rings is 2. The first-order valence-corrected chi connectivity index (χ1v) is 9.19. The van der Waals surface area contributed by atoms with Crippen molar-refractivity contribution in [3.8, 4) is 11.3 Å². The van der Waals surface area contributed by atoms with Crippen LogP contribution in [0.1, 0.15) is 11.3 Å². The molecule has 0 fully saturated rings. The Morgan fingerprint density at radius 3 is 2.67 bits per heavy atom. The van der Waals surface area contributed by atoms with E-state index in [1.807, 2.05) is 16.0 Å². The van der Waals surface area contributed by atoms with Gasteiger partial charge in [0, 0.05) is 34.9 Å². The average Bonchev–Trinajstić information content (AvgIpc) is 3.24. The highest BCUT2D eigenvalue weighted by Crippen LogP contribution is 2.24. The molecule has 1 amide bonds. The number of carbonyl (C=O) groups is 1. The zero-order valence-corrected chi connectivity index (χ0v) is 15.0. The maximum Gasteiger partial charge on any atom is 0.226 e. The van der Waals surface area contributed by atoms with E-state index in [-0.39, 0.29) is 30.5 Å². The molecule has 0 aliphatic carbocycles. The molecule has 2 aromatic carbocycles. The van der Waals surface area contributed by atoms with Crippen molar-refractivity contribution in [2.45, 2.75) is 13.0 Å². The number of hydrogen-bond acceptors (Lipinski definition) is 3. The van der Waals surface area contributed by atoms with E-state index in [0.29, 0.717) is 5.56 Å². The number of hydrogen-bond donors (Lipinski definition) is 1. The lowest BCUT2D eigenvalue weighted by atomic mass is 10.2. The third-order valence-corrected chi connectivity index (χ3v) is 5.09. The van der Waals surface area contributed by atoms with Crippen LogP contribution < -0.4 is 5.32 Å². The lowest BCUT2D eigenvalue weighted by molar-refractivity contribution is -0.120. The minimum atomic E-state index is -0.339. The van der Waals surface area contributed by atoms with Gasteiger partial charge in [0.1, 0.15) is 11.6 Å². The van der Waals surface area contributed by atoms with Gasteiger partial charge in [-0.25, -0.2) is 13.8 Å². The minimum absolute atomic E-state index is 0.142. The molecule has 0 bridgehead atoms. The van der Waals surface area contributed by atoms with Gasteiger partial charge in [-0.1, -0.05) is 18.2 Å². The Kier molecular flexibility index (Phi) is 4.68. The fraction of sp³-hybridized carbons (Fsp3) is 0.100. The summed E-state index contributed by atoms with van der Waals surface area (Å²) in [6.45, 7) is 0.142. The molecule has 27 heavy (non-hydrogen) atoms. The zero-order valence-electron chi connectivity index (χ0n) is 14.2. The van der Waals surface area contributed by atoms with Crippen molar-refractivity contribution < 1.29 is 13.6 Å². The summed E-state index contributed by atoms with van der Waals surface area (Å²) >= 11 is 1.43. The molecule has 4 nitrogen and oxygen atoms in total. The molecule has 4 rings (SSSR count). The molecule has 2 aromatic heterocycles. The second kappa shape index (κ2) is 7.28. The molecule has 7 heteroatoms. The number of nitrogens with one attached hydrogen (secondary N) is 1. The molecule has 0 aliphatic rings. The summed E-state index contributed by atoms with van der Waals surface area (Å²) in [6, 6.07) is 12.5. The molecule has 4 aromatic rings. The number of thiazole rings is 1. The van der Waals surface area contributed by atoms with Gasteiger partial charge in [-0.15, -0.1) is 11.3 Å². The zero-order chi connectivity index (χ0) is 18.8. The van der Waals surface area contributed by atoms with Crippen LogP contribution in [0.3, 0.4) is 0 Å². The Morgan fingerprint density at radius 1 is 1.11 bits per heavy atom. The highest BCUT2D eigenvalue weighted by atomic mass is 32.1. The van der Waals surface area contributed by atoms with E-state index in [1.165, 1.54) is 29.5 Å². The highest BCUT2D eigenvalue weighted by Gasteiger charge is 2.13. The molecule has 0 saturated carbocycles. The first-order chi connectivity index (χ1) is 13.1. The molecule has 0 saturated heterocycles. The number of imidazole rings is 1. The number of rotatable bonds is 5. The van der Waals surface area contributed by atoms with Crippen LogP contribution in [0.4, 0.5) is 8.78 Å². The van der Waals surface area contributed by atoms with Gasteiger partial charge in [0.05, 0.1) is 12.1 Å². The number of fused-ring (bicyclic) bond motifs is 1. The number of amides is 1. The number of aromatic nitrogens is 2. The second-order valence-electron chi connectivity index (χ2n) is 6.06. The minimum Gasteiger partial charge on any atom is -0.352 e. The Balaban J connectivity index is 1.48. The first-order valence-electron chi connectivity index (χ1n) is 8.31. The van der Waals surface area contributed by atoms with Crippen LogP contribution in [-0.2, 0) is 17.8 Å². The van der Waals surface area contributed by atoms with E-state index in [1.54, 1.807) is 30.3 Å². The van der Waals surface area contributed by atoms with E-state index >= 15 is 0 Å². The maximum absolute atomic E-state index is 13.6. The van der Waals surface area contributed by atoms with Crippen molar-refractivity contribution in [3.05, 3.63) is 83.0 Å². The van der Waals surface area contributed by atoms with Crippen molar-refractivity contribution in [1.29, 1.82) is 0 Å². The topological polar surface area (TPSA) is 46.4 Å². The summed E-state index contributed by atoms with van der Waals surface area (Å²) in [5, 5.41) is 4.61. The molecule has 0 atom stereocenters. The summed E-state index contributed by atoms with van der Waals surface area (Å²) in [6.07, 6.45) is 1.99. The van der Waals surface area contributed by atoms with E-state index < -0.39 is 0 Å². The Labute approximate surface area is 158 Å². The van der Waals surface area contributed by atoms with Gasteiger partial charge < -0.3 is 5.32 Å². The van der Waals surface area contributed by atoms with Gasteiger partial charge in [-0.3, -0.25) is 9.20 Å². The number of halogens is 2. The van der Waals surface area contributed by atoms with Gasteiger partial charge >= 0.3 is 0 Å². The summed E-state index contributed by atoms with van der Waals surface area (Å²) in [5.74, 6) is -0.837. The van der Waals surface area contributed by atoms with Gasteiger partial charge in [-0.2, -0.15) is 0 Å². The van der Waals surface area contributed by atoms with Crippen molar-refractivity contribution in [1.82, 2.24) is 14.7 Å². The quantitative estimate of drug-likeness (QED) is 0.561. The molecule has 136 valence electrons. The third kappa shape index (κ3) is 3.73. The van der Waals surface area contributed by atoms with E-state index in [9.17, 15) is 13.6 Å².